The molecule has 0 aromatic heterocycles. The molecule has 0 bridgehead atoms. The lowest BCUT2D eigenvalue weighted by atomic mass is 10.1. The summed E-state index contributed by atoms with van der Waals surface area (Å²) in [7, 11) is 0. The van der Waals surface area contributed by atoms with Crippen LogP contribution in [0.3, 0.4) is 0 Å². The third-order valence-electron chi connectivity index (χ3n) is 2.74. The molecule has 1 unspecified atom stereocenters. The zero-order valence-corrected chi connectivity index (χ0v) is 9.47. The third kappa shape index (κ3) is 2.41. The van der Waals surface area contributed by atoms with Crippen LogP contribution in [0, 0.1) is 17.1 Å². The average molecular weight is 250 g/mol. The molecule has 6 heteroatoms. The van der Waals surface area contributed by atoms with Crippen molar-refractivity contribution in [3.63, 3.8) is 0 Å². The molecule has 94 valence electrons. The van der Waals surface area contributed by atoms with Gasteiger partial charge in [-0.1, -0.05) is 0 Å². The topological polar surface area (TPSA) is 73.6 Å². The van der Waals surface area contributed by atoms with Crippen molar-refractivity contribution in [2.24, 2.45) is 0 Å². The number of aromatic carboxylic acids is 1. The van der Waals surface area contributed by atoms with Gasteiger partial charge in [0.05, 0.1) is 30.5 Å². The second-order valence-electron chi connectivity index (χ2n) is 3.90. The minimum atomic E-state index is -1.19. The van der Waals surface area contributed by atoms with Gasteiger partial charge < -0.3 is 14.7 Å². The van der Waals surface area contributed by atoms with Gasteiger partial charge in [0.25, 0.3) is 0 Å². The van der Waals surface area contributed by atoms with Crippen LogP contribution in [-0.2, 0) is 4.74 Å². The highest BCUT2D eigenvalue weighted by Gasteiger charge is 2.24. The van der Waals surface area contributed by atoms with Gasteiger partial charge in [-0.25, -0.2) is 9.18 Å². The van der Waals surface area contributed by atoms with Crippen LogP contribution in [0.1, 0.15) is 10.4 Å². The second-order valence-corrected chi connectivity index (χ2v) is 3.90. The Labute approximate surface area is 103 Å². The average Bonchev–Trinajstić information content (AvgIpc) is 2.38. The number of carboxylic acids is 1. The van der Waals surface area contributed by atoms with Crippen molar-refractivity contribution in [3.05, 3.63) is 29.6 Å². The van der Waals surface area contributed by atoms with Crippen LogP contribution in [0.2, 0.25) is 0 Å². The Hall–Kier alpha value is -2.13. The molecular weight excluding hydrogens is 239 g/mol. The number of ether oxygens (including phenoxy) is 1. The fourth-order valence-corrected chi connectivity index (χ4v) is 1.90. The van der Waals surface area contributed by atoms with Crippen molar-refractivity contribution >= 4 is 11.7 Å². The van der Waals surface area contributed by atoms with Crippen molar-refractivity contribution < 1.29 is 19.0 Å². The SMILES string of the molecule is N#CC1CN(c2ccc(F)cc2C(=O)O)CCO1. The molecule has 18 heavy (non-hydrogen) atoms. The highest BCUT2D eigenvalue weighted by molar-refractivity contribution is 5.94. The molecule has 0 saturated carbocycles. The molecule has 1 N–H and O–H groups in total. The fourth-order valence-electron chi connectivity index (χ4n) is 1.90. The van der Waals surface area contributed by atoms with E-state index >= 15 is 0 Å². The van der Waals surface area contributed by atoms with Gasteiger partial charge in [0.15, 0.2) is 6.10 Å². The monoisotopic (exact) mass is 250 g/mol. The lowest BCUT2D eigenvalue weighted by molar-refractivity contribution is 0.0687. The lowest BCUT2D eigenvalue weighted by Gasteiger charge is -2.32. The Morgan fingerprint density at radius 1 is 1.61 bits per heavy atom. The third-order valence-corrected chi connectivity index (χ3v) is 2.74. The Kier molecular flexibility index (Phi) is 3.44. The Bertz CT molecular complexity index is 513. The van der Waals surface area contributed by atoms with Crippen molar-refractivity contribution in [3.8, 4) is 6.07 Å². The number of nitriles is 1. The van der Waals surface area contributed by atoms with Crippen LogP contribution in [0.5, 0.6) is 0 Å². The van der Waals surface area contributed by atoms with E-state index in [2.05, 4.69) is 0 Å². The van der Waals surface area contributed by atoms with Crippen LogP contribution >= 0.6 is 0 Å². The zero-order chi connectivity index (χ0) is 13.1. The van der Waals surface area contributed by atoms with E-state index < -0.39 is 17.9 Å². The van der Waals surface area contributed by atoms with Gasteiger partial charge in [-0.05, 0) is 18.2 Å². The normalized spacial score (nSPS) is 19.3. The summed E-state index contributed by atoms with van der Waals surface area (Å²) in [6.45, 7) is 1.10. The molecule has 1 aliphatic heterocycles. The van der Waals surface area contributed by atoms with E-state index in [9.17, 15) is 9.18 Å². The summed E-state index contributed by atoms with van der Waals surface area (Å²) in [6.07, 6.45) is -0.592. The van der Waals surface area contributed by atoms with Gasteiger partial charge in [-0.3, -0.25) is 0 Å². The van der Waals surface area contributed by atoms with Crippen LogP contribution in [-0.4, -0.2) is 36.9 Å². The molecule has 0 aliphatic carbocycles. The van der Waals surface area contributed by atoms with Crippen LogP contribution in [0.15, 0.2) is 18.2 Å². The number of nitrogens with zero attached hydrogens (tertiary/aromatic N) is 2. The highest BCUT2D eigenvalue weighted by Crippen LogP contribution is 2.23. The first kappa shape index (κ1) is 12.3. The Morgan fingerprint density at radius 3 is 3.06 bits per heavy atom. The van der Waals surface area contributed by atoms with Crippen LogP contribution in [0.25, 0.3) is 0 Å². The predicted octanol–water partition coefficient (Wildman–Crippen LogP) is 1.25. The van der Waals surface area contributed by atoms with E-state index in [1.807, 2.05) is 6.07 Å². The van der Waals surface area contributed by atoms with Crippen molar-refractivity contribution in [1.82, 2.24) is 0 Å². The van der Waals surface area contributed by atoms with Gasteiger partial charge >= 0.3 is 5.97 Å². The molecule has 1 aliphatic rings. The van der Waals surface area contributed by atoms with Gasteiger partial charge in [-0.15, -0.1) is 0 Å². The summed E-state index contributed by atoms with van der Waals surface area (Å²) < 4.78 is 18.2. The first-order valence-electron chi connectivity index (χ1n) is 5.41. The number of carboxylic acid groups (broad SMARTS) is 1. The van der Waals surface area contributed by atoms with Crippen molar-refractivity contribution in [2.45, 2.75) is 6.10 Å². The first-order chi connectivity index (χ1) is 8.61. The number of rotatable bonds is 2. The summed E-state index contributed by atoms with van der Waals surface area (Å²) in [4.78, 5) is 12.8. The van der Waals surface area contributed by atoms with Crippen LogP contribution in [0.4, 0.5) is 10.1 Å². The molecule has 1 atom stereocenters. The number of halogens is 1. The smallest absolute Gasteiger partial charge is 0.337 e. The number of hydrogen-bond donors (Lipinski definition) is 1. The molecule has 1 fully saturated rings. The maximum Gasteiger partial charge on any atom is 0.337 e. The van der Waals surface area contributed by atoms with Gasteiger partial charge in [0, 0.05) is 6.54 Å². The summed E-state index contributed by atoms with van der Waals surface area (Å²) in [6, 6.07) is 5.58. The lowest BCUT2D eigenvalue weighted by Crippen LogP contribution is -2.42. The minimum absolute atomic E-state index is 0.103. The predicted molar refractivity (Wildman–Crippen MR) is 60.9 cm³/mol. The maximum absolute atomic E-state index is 13.1. The maximum atomic E-state index is 13.1. The number of morpholine rings is 1. The second kappa shape index (κ2) is 5.02. The van der Waals surface area contributed by atoms with Gasteiger partial charge in [0.2, 0.25) is 0 Å². The van der Waals surface area contributed by atoms with Gasteiger partial charge in [-0.2, -0.15) is 5.26 Å². The molecule has 0 amide bonds. The summed E-state index contributed by atoms with van der Waals surface area (Å²) in [5.74, 6) is -1.79. The van der Waals surface area contributed by atoms with Crippen molar-refractivity contribution in [2.75, 3.05) is 24.6 Å². The summed E-state index contributed by atoms with van der Waals surface area (Å²) in [5, 5.41) is 17.9. The Balaban J connectivity index is 2.33. The van der Waals surface area contributed by atoms with E-state index in [1.54, 1.807) is 4.90 Å². The van der Waals surface area contributed by atoms with Gasteiger partial charge in [0.1, 0.15) is 5.82 Å². The molecular formula is C12H11FN2O3. The number of benzene rings is 1. The van der Waals surface area contributed by atoms with E-state index in [-0.39, 0.29) is 12.1 Å². The first-order valence-corrected chi connectivity index (χ1v) is 5.41. The Morgan fingerprint density at radius 2 is 2.39 bits per heavy atom. The van der Waals surface area contributed by atoms with E-state index in [1.165, 1.54) is 12.1 Å². The number of hydrogen-bond acceptors (Lipinski definition) is 4. The summed E-state index contributed by atoms with van der Waals surface area (Å²) >= 11 is 0. The standard InChI is InChI=1S/C12H11FN2O3/c13-8-1-2-11(10(5-8)12(16)17)15-3-4-18-9(6-14)7-15/h1-2,5,9H,3-4,7H2,(H,16,17). The molecule has 1 saturated heterocycles. The molecule has 1 heterocycles. The molecule has 1 aromatic rings. The summed E-state index contributed by atoms with van der Waals surface area (Å²) in [5.41, 5.74) is 0.307. The highest BCUT2D eigenvalue weighted by atomic mass is 19.1. The van der Waals surface area contributed by atoms with E-state index in [4.69, 9.17) is 15.1 Å². The fraction of sp³-hybridized carbons (Fsp3) is 0.333. The molecule has 5 nitrogen and oxygen atoms in total. The molecule has 2 rings (SSSR count). The number of carbonyl (C=O) groups is 1. The number of anilines is 1. The minimum Gasteiger partial charge on any atom is -0.478 e. The molecule has 1 aromatic carbocycles. The van der Waals surface area contributed by atoms with E-state index in [0.717, 1.165) is 6.07 Å². The molecule has 0 spiro atoms. The van der Waals surface area contributed by atoms with Crippen molar-refractivity contribution in [1.29, 1.82) is 5.26 Å². The van der Waals surface area contributed by atoms with E-state index in [0.29, 0.717) is 18.8 Å². The largest absolute Gasteiger partial charge is 0.478 e. The quantitative estimate of drug-likeness (QED) is 0.855. The van der Waals surface area contributed by atoms with Crippen LogP contribution < -0.4 is 4.90 Å². The zero-order valence-electron chi connectivity index (χ0n) is 9.47. The molecule has 0 radical (unpaired) electrons.